The van der Waals surface area contributed by atoms with Crippen LogP contribution in [0.25, 0.3) is 0 Å². The highest BCUT2D eigenvalue weighted by molar-refractivity contribution is 6.12. The second-order valence-electron chi connectivity index (χ2n) is 7.06. The van der Waals surface area contributed by atoms with Gasteiger partial charge in [0, 0.05) is 16.9 Å². The maximum atomic E-state index is 13.5. The molecule has 0 aromatic heterocycles. The number of anilines is 2. The lowest BCUT2D eigenvalue weighted by Crippen LogP contribution is -2.43. The van der Waals surface area contributed by atoms with Crippen LogP contribution in [-0.4, -0.2) is 19.8 Å². The number of amides is 1. The lowest BCUT2D eigenvalue weighted by Gasteiger charge is -2.38. The molecule has 0 bridgehead atoms. The Morgan fingerprint density at radius 1 is 1.07 bits per heavy atom. The molecule has 1 atom stereocenters. The Bertz CT molecular complexity index is 1090. The third kappa shape index (κ3) is 2.84. The molecule has 0 saturated carbocycles. The minimum absolute atomic E-state index is 0.0650. The predicted octanol–water partition coefficient (Wildman–Crippen LogP) is 4.50. The maximum absolute atomic E-state index is 13.5. The first-order valence-electron chi connectivity index (χ1n) is 9.39. The van der Waals surface area contributed by atoms with Gasteiger partial charge in [-0.15, -0.1) is 0 Å². The number of rotatable bonds is 3. The van der Waals surface area contributed by atoms with Crippen molar-refractivity contribution < 1.29 is 19.0 Å². The van der Waals surface area contributed by atoms with E-state index in [1.54, 1.807) is 12.0 Å². The minimum atomic E-state index is -0.427. The fraction of sp³-hybridized carbons (Fsp3) is 0.174. The Kier molecular flexibility index (Phi) is 4.05. The Labute approximate surface area is 168 Å². The summed E-state index contributed by atoms with van der Waals surface area (Å²) in [7, 11) is 1.59. The van der Waals surface area contributed by atoms with E-state index in [2.05, 4.69) is 5.32 Å². The highest BCUT2D eigenvalue weighted by Gasteiger charge is 2.35. The second-order valence-corrected chi connectivity index (χ2v) is 7.06. The Morgan fingerprint density at radius 3 is 2.66 bits per heavy atom. The van der Waals surface area contributed by atoms with Crippen LogP contribution in [0.2, 0.25) is 0 Å². The number of carbonyl (C=O) groups excluding carboxylic acids is 1. The number of carbonyl (C=O) groups is 1. The Morgan fingerprint density at radius 2 is 1.86 bits per heavy atom. The smallest absolute Gasteiger partial charge is 0.262 e. The summed E-state index contributed by atoms with van der Waals surface area (Å²) in [5.74, 6) is 1.70. The van der Waals surface area contributed by atoms with Crippen molar-refractivity contribution in [3.63, 3.8) is 0 Å². The van der Waals surface area contributed by atoms with Crippen molar-refractivity contribution in [3.05, 3.63) is 77.4 Å². The molecule has 0 radical (unpaired) electrons. The third-order valence-electron chi connectivity index (χ3n) is 5.24. The van der Waals surface area contributed by atoms with Gasteiger partial charge in [0.05, 0.1) is 12.7 Å². The van der Waals surface area contributed by atoms with E-state index in [1.165, 1.54) is 0 Å². The van der Waals surface area contributed by atoms with Crippen LogP contribution in [0.3, 0.4) is 0 Å². The lowest BCUT2D eigenvalue weighted by molar-refractivity contribution is 0.0974. The van der Waals surface area contributed by atoms with E-state index in [9.17, 15) is 4.79 Å². The van der Waals surface area contributed by atoms with Gasteiger partial charge in [-0.25, -0.2) is 0 Å². The molecule has 0 fully saturated rings. The minimum Gasteiger partial charge on any atom is -0.493 e. The number of hydrogen-bond acceptors (Lipinski definition) is 5. The van der Waals surface area contributed by atoms with Gasteiger partial charge in [0.1, 0.15) is 6.17 Å². The molecule has 2 aliphatic rings. The number of hydrogen-bond donors (Lipinski definition) is 1. The monoisotopic (exact) mass is 388 g/mol. The van der Waals surface area contributed by atoms with Gasteiger partial charge >= 0.3 is 0 Å². The van der Waals surface area contributed by atoms with Crippen molar-refractivity contribution >= 4 is 17.3 Å². The van der Waals surface area contributed by atoms with Gasteiger partial charge in [0.15, 0.2) is 11.5 Å². The molecule has 0 spiro atoms. The number of fused-ring (bicyclic) bond motifs is 2. The number of nitrogens with zero attached hydrogens (tertiary/aromatic N) is 1. The van der Waals surface area contributed by atoms with E-state index in [4.69, 9.17) is 14.2 Å². The van der Waals surface area contributed by atoms with Gasteiger partial charge in [-0.2, -0.15) is 0 Å². The van der Waals surface area contributed by atoms with Crippen LogP contribution in [0.1, 0.15) is 27.7 Å². The summed E-state index contributed by atoms with van der Waals surface area (Å²) in [5.41, 5.74) is 4.21. The van der Waals surface area contributed by atoms with Crippen molar-refractivity contribution in [3.8, 4) is 17.2 Å². The van der Waals surface area contributed by atoms with Crippen LogP contribution >= 0.6 is 0 Å². The molecule has 0 aliphatic carbocycles. The van der Waals surface area contributed by atoms with Crippen molar-refractivity contribution in [2.75, 3.05) is 24.1 Å². The van der Waals surface area contributed by atoms with Crippen LogP contribution in [0.4, 0.5) is 11.4 Å². The molecule has 3 aromatic carbocycles. The summed E-state index contributed by atoms with van der Waals surface area (Å²) in [6, 6.07) is 19.2. The Balaban J connectivity index is 1.67. The zero-order valence-electron chi connectivity index (χ0n) is 16.1. The largest absolute Gasteiger partial charge is 0.493 e. The van der Waals surface area contributed by atoms with Gasteiger partial charge < -0.3 is 19.5 Å². The van der Waals surface area contributed by atoms with Crippen molar-refractivity contribution in [2.45, 2.75) is 13.1 Å². The summed E-state index contributed by atoms with van der Waals surface area (Å²) in [5, 5.41) is 3.50. The highest BCUT2D eigenvalue weighted by atomic mass is 16.7. The second kappa shape index (κ2) is 6.74. The third-order valence-corrected chi connectivity index (χ3v) is 5.24. The summed E-state index contributed by atoms with van der Waals surface area (Å²) >= 11 is 0. The molecule has 146 valence electrons. The SMILES string of the molecule is COc1cc([C@@H]2Nc3ccccc3C(=O)N2c2ccc(C)cc2)cc2c1OCO2. The molecule has 29 heavy (non-hydrogen) atoms. The number of para-hydroxylation sites is 1. The van der Waals surface area contributed by atoms with E-state index < -0.39 is 6.17 Å². The van der Waals surface area contributed by atoms with E-state index >= 15 is 0 Å². The average molecular weight is 388 g/mol. The normalized spacial score (nSPS) is 17.0. The van der Waals surface area contributed by atoms with Gasteiger partial charge in [0.25, 0.3) is 5.91 Å². The standard InChI is InChI=1S/C23H20N2O4/c1-14-7-9-16(10-8-14)25-22(24-18-6-4-3-5-17(18)23(25)26)15-11-19(27-2)21-20(12-15)28-13-29-21/h3-12,22,24H,13H2,1-2H3/t22-/m1/s1. The maximum Gasteiger partial charge on any atom is 0.262 e. The first-order valence-corrected chi connectivity index (χ1v) is 9.39. The molecular weight excluding hydrogens is 368 g/mol. The molecular formula is C23H20N2O4. The van der Waals surface area contributed by atoms with Crippen LogP contribution in [0, 0.1) is 6.92 Å². The van der Waals surface area contributed by atoms with Gasteiger partial charge in [0.2, 0.25) is 12.5 Å². The molecule has 1 N–H and O–H groups in total. The number of nitrogens with one attached hydrogen (secondary N) is 1. The zero-order chi connectivity index (χ0) is 20.0. The van der Waals surface area contributed by atoms with Crippen molar-refractivity contribution in [1.82, 2.24) is 0 Å². The highest BCUT2D eigenvalue weighted by Crippen LogP contribution is 2.45. The van der Waals surface area contributed by atoms with Crippen molar-refractivity contribution in [1.29, 1.82) is 0 Å². The summed E-state index contributed by atoms with van der Waals surface area (Å²) in [4.78, 5) is 15.2. The molecule has 2 aliphatic heterocycles. The fourth-order valence-corrected chi connectivity index (χ4v) is 3.77. The molecule has 6 nitrogen and oxygen atoms in total. The lowest BCUT2D eigenvalue weighted by atomic mass is 10.0. The number of aryl methyl sites for hydroxylation is 1. The van der Waals surface area contributed by atoms with Gasteiger partial charge in [-0.1, -0.05) is 29.8 Å². The van der Waals surface area contributed by atoms with Crippen LogP contribution in [0.5, 0.6) is 17.2 Å². The molecule has 0 saturated heterocycles. The van der Waals surface area contributed by atoms with E-state index in [0.29, 0.717) is 22.8 Å². The molecule has 5 rings (SSSR count). The fourth-order valence-electron chi connectivity index (χ4n) is 3.77. The molecule has 1 amide bonds. The number of benzene rings is 3. The molecule has 0 unspecified atom stereocenters. The first-order chi connectivity index (χ1) is 14.2. The first kappa shape index (κ1) is 17.4. The topological polar surface area (TPSA) is 60.0 Å². The summed E-state index contributed by atoms with van der Waals surface area (Å²) in [6.07, 6.45) is -0.427. The van der Waals surface area contributed by atoms with Gasteiger partial charge in [-0.05, 0) is 43.3 Å². The van der Waals surface area contributed by atoms with E-state index in [-0.39, 0.29) is 12.7 Å². The molecule has 6 heteroatoms. The Hall–Kier alpha value is -3.67. The van der Waals surface area contributed by atoms with Gasteiger partial charge in [-0.3, -0.25) is 9.69 Å². The van der Waals surface area contributed by atoms with Crippen molar-refractivity contribution in [2.24, 2.45) is 0 Å². The average Bonchev–Trinajstić information content (AvgIpc) is 3.23. The number of methoxy groups -OCH3 is 1. The van der Waals surface area contributed by atoms with E-state index in [1.807, 2.05) is 67.6 Å². The zero-order valence-corrected chi connectivity index (χ0v) is 16.1. The summed E-state index contributed by atoms with van der Waals surface area (Å²) in [6.45, 7) is 2.17. The van der Waals surface area contributed by atoms with Crippen LogP contribution in [0.15, 0.2) is 60.7 Å². The molecule has 3 aromatic rings. The summed E-state index contributed by atoms with van der Waals surface area (Å²) < 4.78 is 16.6. The van der Waals surface area contributed by atoms with Crippen LogP contribution < -0.4 is 24.4 Å². The predicted molar refractivity (Wildman–Crippen MR) is 110 cm³/mol. The molecule has 2 heterocycles. The van der Waals surface area contributed by atoms with E-state index in [0.717, 1.165) is 22.5 Å². The van der Waals surface area contributed by atoms with Crippen LogP contribution in [-0.2, 0) is 0 Å². The number of ether oxygens (including phenoxy) is 3. The quantitative estimate of drug-likeness (QED) is 0.716.